The van der Waals surface area contributed by atoms with Crippen molar-refractivity contribution in [3.05, 3.63) is 29.3 Å². The van der Waals surface area contributed by atoms with Crippen LogP contribution in [0.5, 0.6) is 5.75 Å². The molecule has 0 spiro atoms. The van der Waals surface area contributed by atoms with E-state index in [2.05, 4.69) is 23.5 Å². The number of rotatable bonds is 7. The third-order valence-corrected chi connectivity index (χ3v) is 5.58. The van der Waals surface area contributed by atoms with E-state index in [4.69, 9.17) is 9.47 Å². The highest BCUT2D eigenvalue weighted by atomic mass is 32.2. The molecule has 1 aromatic rings. The lowest BCUT2D eigenvalue weighted by Gasteiger charge is -2.22. The highest BCUT2D eigenvalue weighted by Gasteiger charge is 2.20. The van der Waals surface area contributed by atoms with E-state index in [0.29, 0.717) is 0 Å². The summed E-state index contributed by atoms with van der Waals surface area (Å²) in [6.07, 6.45) is 5.02. The first-order chi connectivity index (χ1) is 10.3. The average molecular weight is 307 g/mol. The van der Waals surface area contributed by atoms with Crippen LogP contribution in [0.4, 0.5) is 0 Å². The minimum absolute atomic E-state index is 0.733. The van der Waals surface area contributed by atoms with Crippen LogP contribution in [0.3, 0.4) is 0 Å². The van der Waals surface area contributed by atoms with Gasteiger partial charge in [0.2, 0.25) is 0 Å². The number of methoxy groups -OCH3 is 1. The molecular formula is C17H25NO2S. The molecule has 1 aliphatic heterocycles. The third kappa shape index (κ3) is 4.63. The summed E-state index contributed by atoms with van der Waals surface area (Å²) in [6.45, 7) is 2.81. The topological polar surface area (TPSA) is 30.5 Å². The molecule has 3 rings (SSSR count). The lowest BCUT2D eigenvalue weighted by Crippen LogP contribution is -2.17. The molecule has 1 heterocycles. The number of thioether (sulfide) groups is 1. The zero-order valence-electron chi connectivity index (χ0n) is 12.8. The Labute approximate surface area is 131 Å². The monoisotopic (exact) mass is 307 g/mol. The summed E-state index contributed by atoms with van der Waals surface area (Å²) in [5.41, 5.74) is 2.69. The van der Waals surface area contributed by atoms with Gasteiger partial charge in [0.15, 0.2) is 0 Å². The van der Waals surface area contributed by atoms with Gasteiger partial charge in [-0.3, -0.25) is 0 Å². The van der Waals surface area contributed by atoms with Crippen LogP contribution in [-0.4, -0.2) is 31.6 Å². The molecule has 2 aliphatic rings. The van der Waals surface area contributed by atoms with E-state index >= 15 is 0 Å². The van der Waals surface area contributed by atoms with Crippen LogP contribution in [0.25, 0.3) is 0 Å². The Morgan fingerprint density at radius 1 is 1.24 bits per heavy atom. The van der Waals surface area contributed by atoms with Gasteiger partial charge in [-0.05, 0) is 43.4 Å². The smallest absolute Gasteiger partial charge is 0.122 e. The first-order valence-electron chi connectivity index (χ1n) is 7.93. The highest BCUT2D eigenvalue weighted by Crippen LogP contribution is 2.30. The number of nitrogens with one attached hydrogen (secondary N) is 1. The molecule has 0 atom stereocenters. The highest BCUT2D eigenvalue weighted by molar-refractivity contribution is 7.99. The van der Waals surface area contributed by atoms with Crippen LogP contribution >= 0.6 is 11.8 Å². The van der Waals surface area contributed by atoms with E-state index in [1.165, 1.54) is 36.8 Å². The van der Waals surface area contributed by atoms with E-state index in [-0.39, 0.29) is 0 Å². The molecule has 21 heavy (non-hydrogen) atoms. The summed E-state index contributed by atoms with van der Waals surface area (Å²) in [5, 5.41) is 4.31. The van der Waals surface area contributed by atoms with Crippen molar-refractivity contribution < 1.29 is 9.47 Å². The summed E-state index contributed by atoms with van der Waals surface area (Å²) in [4.78, 5) is 0. The number of hydrogen-bond acceptors (Lipinski definition) is 4. The summed E-state index contributed by atoms with van der Waals surface area (Å²) in [5.74, 6) is 2.05. The first-order valence-corrected chi connectivity index (χ1v) is 8.98. The van der Waals surface area contributed by atoms with Crippen molar-refractivity contribution in [3.8, 4) is 5.75 Å². The van der Waals surface area contributed by atoms with Crippen LogP contribution in [0.1, 0.15) is 36.8 Å². The molecule has 0 unspecified atom stereocenters. The Bertz CT molecular complexity index is 456. The van der Waals surface area contributed by atoms with Crippen LogP contribution in [0.15, 0.2) is 18.2 Å². The maximum Gasteiger partial charge on any atom is 0.122 e. The summed E-state index contributed by atoms with van der Waals surface area (Å²) in [6, 6.07) is 7.36. The van der Waals surface area contributed by atoms with Crippen molar-refractivity contribution in [1.82, 2.24) is 5.32 Å². The standard InChI is InChI=1S/C17H25NO2S/c1-19-17-5-2-13(11-18-15-3-4-15)10-14(17)12-21-16-6-8-20-9-7-16/h2,5,10,15-16,18H,3-4,6-9,11-12H2,1H3. The van der Waals surface area contributed by atoms with Gasteiger partial charge in [-0.2, -0.15) is 11.8 Å². The second kappa shape index (κ2) is 7.52. The predicted molar refractivity (Wildman–Crippen MR) is 88.0 cm³/mol. The van der Waals surface area contributed by atoms with Gasteiger partial charge in [0.1, 0.15) is 5.75 Å². The molecule has 1 saturated carbocycles. The quantitative estimate of drug-likeness (QED) is 0.837. The van der Waals surface area contributed by atoms with Gasteiger partial charge in [-0.25, -0.2) is 0 Å². The molecular weight excluding hydrogens is 282 g/mol. The van der Waals surface area contributed by atoms with Gasteiger partial charge in [0.05, 0.1) is 7.11 Å². The Morgan fingerprint density at radius 3 is 2.76 bits per heavy atom. The summed E-state index contributed by atoms with van der Waals surface area (Å²) < 4.78 is 10.9. The zero-order chi connectivity index (χ0) is 14.5. The van der Waals surface area contributed by atoms with Gasteiger partial charge in [-0.1, -0.05) is 6.07 Å². The lowest BCUT2D eigenvalue weighted by atomic mass is 10.1. The molecule has 0 aromatic heterocycles. The molecule has 0 amide bonds. The fourth-order valence-corrected chi connectivity index (χ4v) is 3.82. The summed E-state index contributed by atoms with van der Waals surface area (Å²) in [7, 11) is 1.76. The number of ether oxygens (including phenoxy) is 2. The van der Waals surface area contributed by atoms with E-state index in [9.17, 15) is 0 Å². The predicted octanol–water partition coefficient (Wildman–Crippen LogP) is 3.36. The minimum atomic E-state index is 0.733. The molecule has 1 aliphatic carbocycles. The van der Waals surface area contributed by atoms with Gasteiger partial charge < -0.3 is 14.8 Å². The normalized spacial score (nSPS) is 19.7. The van der Waals surface area contributed by atoms with E-state index < -0.39 is 0 Å². The number of benzene rings is 1. The summed E-state index contributed by atoms with van der Waals surface area (Å²) >= 11 is 2.05. The van der Waals surface area contributed by atoms with Crippen molar-refractivity contribution in [2.24, 2.45) is 0 Å². The Balaban J connectivity index is 1.58. The Kier molecular flexibility index (Phi) is 5.44. The van der Waals surface area contributed by atoms with E-state index in [1.54, 1.807) is 7.11 Å². The fraction of sp³-hybridized carbons (Fsp3) is 0.647. The van der Waals surface area contributed by atoms with Crippen LogP contribution in [-0.2, 0) is 17.0 Å². The van der Waals surface area contributed by atoms with Crippen molar-refractivity contribution in [2.75, 3.05) is 20.3 Å². The second-order valence-corrected chi connectivity index (χ2v) is 7.21. The maximum atomic E-state index is 5.52. The van der Waals surface area contributed by atoms with Crippen LogP contribution in [0.2, 0.25) is 0 Å². The molecule has 1 N–H and O–H groups in total. The third-order valence-electron chi connectivity index (χ3n) is 4.16. The largest absolute Gasteiger partial charge is 0.496 e. The van der Waals surface area contributed by atoms with E-state index in [0.717, 1.165) is 42.6 Å². The van der Waals surface area contributed by atoms with Crippen LogP contribution < -0.4 is 10.1 Å². The number of hydrogen-bond donors (Lipinski definition) is 1. The molecule has 3 nitrogen and oxygen atoms in total. The first kappa shape index (κ1) is 15.2. The molecule has 4 heteroatoms. The molecule has 116 valence electrons. The Morgan fingerprint density at radius 2 is 2.05 bits per heavy atom. The zero-order valence-corrected chi connectivity index (χ0v) is 13.6. The van der Waals surface area contributed by atoms with Gasteiger partial charge in [0, 0.05) is 42.4 Å². The molecule has 1 aromatic carbocycles. The van der Waals surface area contributed by atoms with Crippen LogP contribution in [0, 0.1) is 0 Å². The van der Waals surface area contributed by atoms with Gasteiger partial charge >= 0.3 is 0 Å². The molecule has 0 bridgehead atoms. The average Bonchev–Trinajstić information content (AvgIpc) is 3.36. The maximum absolute atomic E-state index is 5.52. The molecule has 1 saturated heterocycles. The van der Waals surface area contributed by atoms with Gasteiger partial charge in [0.25, 0.3) is 0 Å². The van der Waals surface area contributed by atoms with Gasteiger partial charge in [-0.15, -0.1) is 0 Å². The van der Waals surface area contributed by atoms with Crippen molar-refractivity contribution in [1.29, 1.82) is 0 Å². The minimum Gasteiger partial charge on any atom is -0.496 e. The van der Waals surface area contributed by atoms with Crippen molar-refractivity contribution in [3.63, 3.8) is 0 Å². The molecule has 2 fully saturated rings. The SMILES string of the molecule is COc1ccc(CNC2CC2)cc1CSC1CCOCC1. The van der Waals surface area contributed by atoms with Crippen molar-refractivity contribution >= 4 is 11.8 Å². The molecule has 0 radical (unpaired) electrons. The Hall–Kier alpha value is -0.710. The van der Waals surface area contributed by atoms with E-state index in [1.807, 2.05) is 11.8 Å². The second-order valence-electron chi connectivity index (χ2n) is 5.92. The van der Waals surface area contributed by atoms with Crippen molar-refractivity contribution in [2.45, 2.75) is 49.3 Å². The fourth-order valence-electron chi connectivity index (χ4n) is 2.65. The lowest BCUT2D eigenvalue weighted by molar-refractivity contribution is 0.1000.